The van der Waals surface area contributed by atoms with E-state index in [0.29, 0.717) is 12.1 Å². The molecule has 0 N–H and O–H groups in total. The van der Waals surface area contributed by atoms with Gasteiger partial charge in [0, 0.05) is 18.2 Å². The van der Waals surface area contributed by atoms with Crippen LogP contribution in [0.1, 0.15) is 27.2 Å². The number of rotatable bonds is 6. The lowest BCUT2D eigenvalue weighted by atomic mass is 10.00. The molecule has 0 aliphatic rings. The highest BCUT2D eigenvalue weighted by molar-refractivity contribution is 7.08. The number of ketones is 2. The van der Waals surface area contributed by atoms with Gasteiger partial charge in [0.05, 0.1) is 12.2 Å². The third-order valence-electron chi connectivity index (χ3n) is 2.83. The minimum Gasteiger partial charge on any atom is -0.304 e. The third kappa shape index (κ3) is 3.50. The molecule has 1 aromatic heterocycles. The summed E-state index contributed by atoms with van der Waals surface area (Å²) in [5, 5.41) is 3.61. The smallest absolute Gasteiger partial charge is 0.224 e. The summed E-state index contributed by atoms with van der Waals surface area (Å²) in [7, 11) is 0. The van der Waals surface area contributed by atoms with Gasteiger partial charge in [0.15, 0.2) is 0 Å². The molecule has 1 rings (SSSR count). The number of carbonyl (C=O) groups is 3. The Balaban J connectivity index is 2.77. The van der Waals surface area contributed by atoms with E-state index in [9.17, 15) is 14.4 Å². The van der Waals surface area contributed by atoms with E-state index in [2.05, 4.69) is 0 Å². The number of thiophene rings is 1. The molecule has 0 fully saturated rings. The van der Waals surface area contributed by atoms with Crippen molar-refractivity contribution in [1.82, 2.24) is 0 Å². The van der Waals surface area contributed by atoms with E-state index in [1.807, 2.05) is 12.3 Å². The van der Waals surface area contributed by atoms with Gasteiger partial charge in [-0.15, -0.1) is 0 Å². The second kappa shape index (κ2) is 6.44. The Morgan fingerprint density at radius 3 is 2.50 bits per heavy atom. The average Bonchev–Trinajstić information content (AvgIpc) is 2.86. The molecule has 98 valence electrons. The number of nitrogens with zero attached hydrogens (tertiary/aromatic N) is 1. The van der Waals surface area contributed by atoms with Crippen molar-refractivity contribution in [1.29, 1.82) is 0 Å². The second-order valence-electron chi connectivity index (χ2n) is 4.18. The van der Waals surface area contributed by atoms with Crippen molar-refractivity contribution in [3.8, 4) is 0 Å². The highest BCUT2D eigenvalue weighted by Crippen LogP contribution is 2.18. The minimum absolute atomic E-state index is 0.171. The first-order valence-electron chi connectivity index (χ1n) is 5.84. The summed E-state index contributed by atoms with van der Waals surface area (Å²) < 4.78 is 0. The maximum Gasteiger partial charge on any atom is 0.224 e. The van der Waals surface area contributed by atoms with Crippen LogP contribution in [0.15, 0.2) is 16.8 Å². The van der Waals surface area contributed by atoms with Crippen LogP contribution in [0.4, 0.5) is 5.69 Å². The minimum atomic E-state index is -0.509. The summed E-state index contributed by atoms with van der Waals surface area (Å²) in [4.78, 5) is 36.4. The quantitative estimate of drug-likeness (QED) is 0.743. The van der Waals surface area contributed by atoms with E-state index in [1.54, 1.807) is 18.4 Å². The maximum absolute atomic E-state index is 11.8. The molecule has 1 aromatic rings. The maximum atomic E-state index is 11.8. The van der Waals surface area contributed by atoms with E-state index in [-0.39, 0.29) is 18.4 Å². The van der Waals surface area contributed by atoms with Crippen LogP contribution in [-0.4, -0.2) is 24.0 Å². The van der Waals surface area contributed by atoms with Crippen LogP contribution in [0.3, 0.4) is 0 Å². The van der Waals surface area contributed by atoms with Gasteiger partial charge in [-0.3, -0.25) is 14.4 Å². The van der Waals surface area contributed by atoms with Crippen molar-refractivity contribution in [2.75, 3.05) is 11.4 Å². The Morgan fingerprint density at radius 1 is 1.39 bits per heavy atom. The monoisotopic (exact) mass is 267 g/mol. The lowest BCUT2D eigenvalue weighted by molar-refractivity contribution is -0.138. The molecule has 1 atom stereocenters. The van der Waals surface area contributed by atoms with Crippen LogP contribution in [0.25, 0.3) is 0 Å². The Labute approximate surface area is 111 Å². The molecular weight excluding hydrogens is 250 g/mol. The van der Waals surface area contributed by atoms with Gasteiger partial charge in [0.25, 0.3) is 0 Å². The fourth-order valence-electron chi connectivity index (χ4n) is 1.48. The van der Waals surface area contributed by atoms with Gasteiger partial charge in [0.1, 0.15) is 0 Å². The van der Waals surface area contributed by atoms with Crippen molar-refractivity contribution in [3.63, 3.8) is 0 Å². The number of hydrogen-bond donors (Lipinski definition) is 0. The van der Waals surface area contributed by atoms with E-state index in [0.717, 1.165) is 0 Å². The zero-order chi connectivity index (χ0) is 13.7. The topological polar surface area (TPSA) is 54.5 Å². The molecular formula is C13H17NO3S. The molecule has 0 saturated heterocycles. The lowest BCUT2D eigenvalue weighted by Gasteiger charge is -2.19. The Bertz CT molecular complexity index is 439. The Kier molecular flexibility index (Phi) is 5.22. The molecule has 0 bridgehead atoms. The van der Waals surface area contributed by atoms with Gasteiger partial charge in [-0.1, -0.05) is 13.8 Å². The Morgan fingerprint density at radius 2 is 2.06 bits per heavy atom. The van der Waals surface area contributed by atoms with Crippen molar-refractivity contribution in [2.24, 2.45) is 5.92 Å². The van der Waals surface area contributed by atoms with Crippen LogP contribution in [0.2, 0.25) is 0 Å². The average molecular weight is 267 g/mol. The number of amides is 1. The Hall–Kier alpha value is -1.49. The fourth-order valence-corrected chi connectivity index (χ4v) is 2.12. The number of carbonyl (C=O) groups excluding carboxylic acids is 3. The molecule has 0 aliphatic heterocycles. The van der Waals surface area contributed by atoms with Crippen molar-refractivity contribution >= 4 is 34.5 Å². The predicted molar refractivity (Wildman–Crippen MR) is 71.8 cm³/mol. The third-order valence-corrected chi connectivity index (χ3v) is 3.51. The molecule has 1 unspecified atom stereocenters. The normalized spacial score (nSPS) is 11.9. The van der Waals surface area contributed by atoms with Gasteiger partial charge in [-0.05, 0) is 17.9 Å². The molecule has 0 spiro atoms. The summed E-state index contributed by atoms with van der Waals surface area (Å²) >= 11 is 1.44. The number of anilines is 1. The number of hydrogen-bond acceptors (Lipinski definition) is 4. The van der Waals surface area contributed by atoms with Gasteiger partial charge in [0.2, 0.25) is 17.5 Å². The van der Waals surface area contributed by atoms with Crippen LogP contribution in [0, 0.1) is 5.92 Å². The van der Waals surface area contributed by atoms with Crippen molar-refractivity contribution in [2.45, 2.75) is 27.2 Å². The summed E-state index contributed by atoms with van der Waals surface area (Å²) in [6.45, 7) is 4.80. The van der Waals surface area contributed by atoms with Crippen LogP contribution >= 0.6 is 11.3 Å². The van der Waals surface area contributed by atoms with Gasteiger partial charge < -0.3 is 4.90 Å². The van der Waals surface area contributed by atoms with Crippen LogP contribution in [0.5, 0.6) is 0 Å². The standard InChI is InChI=1S/C13H17NO3S/c1-4-9(2)13(17)12(16)7-14(10(3)15)11-5-6-18-8-11/h5-6,8-9H,4,7H2,1-3H3. The first-order valence-corrected chi connectivity index (χ1v) is 6.79. The highest BCUT2D eigenvalue weighted by atomic mass is 32.1. The lowest BCUT2D eigenvalue weighted by Crippen LogP contribution is -2.38. The second-order valence-corrected chi connectivity index (χ2v) is 4.96. The van der Waals surface area contributed by atoms with Crippen LogP contribution < -0.4 is 4.90 Å². The molecule has 0 radical (unpaired) electrons. The summed E-state index contributed by atoms with van der Waals surface area (Å²) in [6, 6.07) is 1.76. The predicted octanol–water partition coefficient (Wildman–Crippen LogP) is 2.29. The summed E-state index contributed by atoms with van der Waals surface area (Å²) in [6.07, 6.45) is 0.628. The summed E-state index contributed by atoms with van der Waals surface area (Å²) in [5.41, 5.74) is 0.665. The van der Waals surface area contributed by atoms with Crippen LogP contribution in [-0.2, 0) is 14.4 Å². The first-order chi connectivity index (χ1) is 8.47. The SMILES string of the molecule is CCC(C)C(=O)C(=O)CN(C(C)=O)c1ccsc1. The number of Topliss-reactive ketones (excluding diaryl/α,β-unsaturated/α-hetero) is 2. The zero-order valence-electron chi connectivity index (χ0n) is 10.8. The van der Waals surface area contributed by atoms with E-state index >= 15 is 0 Å². The van der Waals surface area contributed by atoms with Crippen molar-refractivity contribution < 1.29 is 14.4 Å². The van der Waals surface area contributed by atoms with E-state index in [4.69, 9.17) is 0 Å². The molecule has 18 heavy (non-hydrogen) atoms. The van der Waals surface area contributed by atoms with Crippen molar-refractivity contribution in [3.05, 3.63) is 16.8 Å². The molecule has 1 amide bonds. The summed E-state index contributed by atoms with van der Waals surface area (Å²) in [5.74, 6) is -1.43. The van der Waals surface area contributed by atoms with Gasteiger partial charge in [-0.25, -0.2) is 0 Å². The first kappa shape index (κ1) is 14.6. The molecule has 5 heteroatoms. The molecule has 4 nitrogen and oxygen atoms in total. The van der Waals surface area contributed by atoms with Gasteiger partial charge >= 0.3 is 0 Å². The molecule has 1 heterocycles. The largest absolute Gasteiger partial charge is 0.304 e. The van der Waals surface area contributed by atoms with Gasteiger partial charge in [-0.2, -0.15) is 11.3 Å². The molecule has 0 saturated carbocycles. The molecule has 0 aliphatic carbocycles. The van der Waals surface area contributed by atoms with E-state index in [1.165, 1.54) is 23.2 Å². The zero-order valence-corrected chi connectivity index (χ0v) is 11.6. The fraction of sp³-hybridized carbons (Fsp3) is 0.462. The molecule has 0 aromatic carbocycles. The highest BCUT2D eigenvalue weighted by Gasteiger charge is 2.24. The van der Waals surface area contributed by atoms with E-state index < -0.39 is 11.6 Å².